The Morgan fingerprint density at radius 1 is 1.33 bits per heavy atom. The second-order valence-corrected chi connectivity index (χ2v) is 5.21. The summed E-state index contributed by atoms with van der Waals surface area (Å²) in [7, 11) is 0. The lowest BCUT2D eigenvalue weighted by molar-refractivity contribution is 0.0949. The van der Waals surface area contributed by atoms with E-state index in [1.807, 2.05) is 12.1 Å². The van der Waals surface area contributed by atoms with Crippen molar-refractivity contribution in [3.63, 3.8) is 0 Å². The molecule has 0 aliphatic carbocycles. The number of carbonyl (C=O) groups excluding carboxylic acids is 1. The van der Waals surface area contributed by atoms with Crippen molar-refractivity contribution in [1.29, 1.82) is 0 Å². The Kier molecular flexibility index (Phi) is 3.33. The maximum Gasteiger partial charge on any atom is 0.166 e. The largest absolute Gasteiger partial charge is 0.492 e. The molecule has 1 fully saturated rings. The molecule has 1 aromatic carbocycles. The topological polar surface area (TPSA) is 38.3 Å². The first-order valence-electron chi connectivity index (χ1n) is 6.83. The van der Waals surface area contributed by atoms with Gasteiger partial charge < -0.3 is 10.1 Å². The van der Waals surface area contributed by atoms with E-state index < -0.39 is 0 Å². The second kappa shape index (κ2) is 5.11. The molecular formula is C15H19NO2. The molecule has 0 bridgehead atoms. The van der Waals surface area contributed by atoms with E-state index in [9.17, 15) is 4.79 Å². The number of hydrogen-bond acceptors (Lipinski definition) is 3. The zero-order valence-electron chi connectivity index (χ0n) is 10.6. The number of fused-ring (bicyclic) bond motifs is 1. The molecule has 0 spiro atoms. The summed E-state index contributed by atoms with van der Waals surface area (Å²) in [6.45, 7) is 2.80. The molecule has 3 nitrogen and oxygen atoms in total. The number of ether oxygens (including phenoxy) is 1. The highest BCUT2D eigenvalue weighted by Crippen LogP contribution is 2.31. The van der Waals surface area contributed by atoms with Gasteiger partial charge >= 0.3 is 0 Å². The van der Waals surface area contributed by atoms with E-state index in [1.54, 1.807) is 0 Å². The van der Waals surface area contributed by atoms with Gasteiger partial charge in [-0.15, -0.1) is 0 Å². The van der Waals surface area contributed by atoms with Crippen molar-refractivity contribution in [2.24, 2.45) is 5.92 Å². The monoisotopic (exact) mass is 245 g/mol. The first-order valence-corrected chi connectivity index (χ1v) is 6.83. The Morgan fingerprint density at radius 2 is 2.17 bits per heavy atom. The molecule has 2 aliphatic rings. The third-order valence-electron chi connectivity index (χ3n) is 3.95. The Balaban J connectivity index is 1.74. The molecule has 2 heterocycles. The molecule has 0 atom stereocenters. The van der Waals surface area contributed by atoms with Gasteiger partial charge in [0, 0.05) is 12.8 Å². The highest BCUT2D eigenvalue weighted by atomic mass is 16.5. The molecule has 2 aliphatic heterocycles. The summed E-state index contributed by atoms with van der Waals surface area (Å²) < 4.78 is 5.61. The van der Waals surface area contributed by atoms with Gasteiger partial charge in [-0.3, -0.25) is 4.79 Å². The van der Waals surface area contributed by atoms with Crippen LogP contribution in [0, 0.1) is 5.92 Å². The summed E-state index contributed by atoms with van der Waals surface area (Å²) in [6.07, 6.45) is 3.83. The van der Waals surface area contributed by atoms with Crippen LogP contribution in [-0.4, -0.2) is 25.5 Å². The maximum atomic E-state index is 12.4. The number of Topliss-reactive ketones (excluding diaryl/α,β-unsaturated/α-hetero) is 1. The van der Waals surface area contributed by atoms with E-state index in [0.717, 1.165) is 43.7 Å². The van der Waals surface area contributed by atoms with E-state index in [0.29, 0.717) is 18.9 Å². The molecule has 1 saturated heterocycles. The van der Waals surface area contributed by atoms with Gasteiger partial charge in [0.15, 0.2) is 5.78 Å². The number of carbonyl (C=O) groups is 1. The summed E-state index contributed by atoms with van der Waals surface area (Å²) in [5.74, 6) is 1.63. The molecule has 0 saturated carbocycles. The number of rotatable bonds is 3. The molecule has 18 heavy (non-hydrogen) atoms. The fourth-order valence-electron chi connectivity index (χ4n) is 2.89. The lowest BCUT2D eigenvalue weighted by Crippen LogP contribution is -2.28. The van der Waals surface area contributed by atoms with Crippen LogP contribution in [0.2, 0.25) is 0 Å². The van der Waals surface area contributed by atoms with Crippen molar-refractivity contribution in [2.75, 3.05) is 19.7 Å². The van der Waals surface area contributed by atoms with Crippen molar-refractivity contribution in [3.8, 4) is 5.75 Å². The van der Waals surface area contributed by atoms with Crippen LogP contribution in [0.3, 0.4) is 0 Å². The van der Waals surface area contributed by atoms with Crippen molar-refractivity contribution >= 4 is 5.78 Å². The molecule has 1 aromatic rings. The van der Waals surface area contributed by atoms with Gasteiger partial charge in [0.1, 0.15) is 5.75 Å². The van der Waals surface area contributed by atoms with Crippen LogP contribution in [0.15, 0.2) is 18.2 Å². The van der Waals surface area contributed by atoms with E-state index in [2.05, 4.69) is 11.4 Å². The number of para-hydroxylation sites is 1. The van der Waals surface area contributed by atoms with Gasteiger partial charge in [0.05, 0.1) is 12.2 Å². The molecule has 3 heteroatoms. The molecule has 1 N–H and O–H groups in total. The standard InChI is InChI=1S/C15H19NO2/c17-14(10-11-4-7-16-8-5-11)13-3-1-2-12-6-9-18-15(12)13/h1-3,11,16H,4-10H2. The molecular weight excluding hydrogens is 226 g/mol. The van der Waals surface area contributed by atoms with Crippen LogP contribution < -0.4 is 10.1 Å². The predicted molar refractivity (Wildman–Crippen MR) is 70.2 cm³/mol. The van der Waals surface area contributed by atoms with Crippen molar-refractivity contribution in [2.45, 2.75) is 25.7 Å². The minimum Gasteiger partial charge on any atom is -0.492 e. The molecule has 0 aromatic heterocycles. The first kappa shape index (κ1) is 11.7. The van der Waals surface area contributed by atoms with Gasteiger partial charge in [0.2, 0.25) is 0 Å². The zero-order chi connectivity index (χ0) is 12.4. The van der Waals surface area contributed by atoms with Gasteiger partial charge in [-0.25, -0.2) is 0 Å². The van der Waals surface area contributed by atoms with Crippen molar-refractivity contribution in [3.05, 3.63) is 29.3 Å². The maximum absolute atomic E-state index is 12.4. The first-order chi connectivity index (χ1) is 8.84. The summed E-state index contributed by atoms with van der Waals surface area (Å²) in [5, 5.41) is 3.33. The Hall–Kier alpha value is -1.35. The van der Waals surface area contributed by atoms with Gasteiger partial charge in [-0.05, 0) is 43.5 Å². The highest BCUT2D eigenvalue weighted by Gasteiger charge is 2.23. The average Bonchev–Trinajstić information content (AvgIpc) is 2.87. The lowest BCUT2D eigenvalue weighted by atomic mass is 9.90. The summed E-state index contributed by atoms with van der Waals surface area (Å²) in [4.78, 5) is 12.4. The number of piperidine rings is 1. The minimum absolute atomic E-state index is 0.251. The van der Waals surface area contributed by atoms with Gasteiger partial charge in [0.25, 0.3) is 0 Å². The summed E-state index contributed by atoms with van der Waals surface area (Å²) in [5.41, 5.74) is 1.98. The smallest absolute Gasteiger partial charge is 0.166 e. The fourth-order valence-corrected chi connectivity index (χ4v) is 2.89. The van der Waals surface area contributed by atoms with Crippen molar-refractivity contribution in [1.82, 2.24) is 5.32 Å². The van der Waals surface area contributed by atoms with Crippen LogP contribution in [0.5, 0.6) is 5.75 Å². The van der Waals surface area contributed by atoms with E-state index in [4.69, 9.17) is 4.74 Å². The third kappa shape index (κ3) is 2.27. The van der Waals surface area contributed by atoms with Crippen LogP contribution in [-0.2, 0) is 6.42 Å². The highest BCUT2D eigenvalue weighted by molar-refractivity contribution is 5.99. The number of nitrogens with one attached hydrogen (secondary N) is 1. The molecule has 3 rings (SSSR count). The lowest BCUT2D eigenvalue weighted by Gasteiger charge is -2.22. The second-order valence-electron chi connectivity index (χ2n) is 5.21. The van der Waals surface area contributed by atoms with E-state index in [1.165, 1.54) is 5.56 Å². The van der Waals surface area contributed by atoms with Crippen LogP contribution >= 0.6 is 0 Å². The van der Waals surface area contributed by atoms with Crippen molar-refractivity contribution < 1.29 is 9.53 Å². The molecule has 0 amide bonds. The third-order valence-corrected chi connectivity index (χ3v) is 3.95. The van der Waals surface area contributed by atoms with Crippen LogP contribution in [0.4, 0.5) is 0 Å². The van der Waals surface area contributed by atoms with Crippen LogP contribution in [0.1, 0.15) is 35.2 Å². The zero-order valence-corrected chi connectivity index (χ0v) is 10.6. The van der Waals surface area contributed by atoms with Crippen LogP contribution in [0.25, 0.3) is 0 Å². The number of ketones is 1. The van der Waals surface area contributed by atoms with Gasteiger partial charge in [-0.2, -0.15) is 0 Å². The normalized spacial score (nSPS) is 19.3. The van der Waals surface area contributed by atoms with Gasteiger partial charge in [-0.1, -0.05) is 12.1 Å². The minimum atomic E-state index is 0.251. The summed E-state index contributed by atoms with van der Waals surface area (Å²) in [6, 6.07) is 5.94. The van der Waals surface area contributed by atoms with E-state index in [-0.39, 0.29) is 5.78 Å². The molecule has 0 radical (unpaired) electrons. The Bertz CT molecular complexity index is 450. The number of hydrogen-bond donors (Lipinski definition) is 1. The average molecular weight is 245 g/mol. The number of benzene rings is 1. The Morgan fingerprint density at radius 3 is 3.00 bits per heavy atom. The predicted octanol–water partition coefficient (Wildman–Crippen LogP) is 2.19. The SMILES string of the molecule is O=C(CC1CCNCC1)c1cccc2c1OCC2. The molecule has 0 unspecified atom stereocenters. The van der Waals surface area contributed by atoms with E-state index >= 15 is 0 Å². The summed E-state index contributed by atoms with van der Waals surface area (Å²) >= 11 is 0. The molecule has 96 valence electrons. The quantitative estimate of drug-likeness (QED) is 0.830. The Labute approximate surface area is 108 Å². The fraction of sp³-hybridized carbons (Fsp3) is 0.533.